The van der Waals surface area contributed by atoms with Gasteiger partial charge in [0.05, 0.1) is 0 Å². The molecule has 0 saturated carbocycles. The summed E-state index contributed by atoms with van der Waals surface area (Å²) in [6.45, 7) is 0. The fourth-order valence-corrected chi connectivity index (χ4v) is 0. The van der Waals surface area contributed by atoms with Crippen molar-refractivity contribution in [2.75, 3.05) is 0 Å². The van der Waals surface area contributed by atoms with E-state index in [9.17, 15) is 0 Å². The van der Waals surface area contributed by atoms with Crippen molar-refractivity contribution in [3.05, 3.63) is 9.71 Å². The van der Waals surface area contributed by atoms with Crippen LogP contribution in [-0.2, 0) is 2.81 Å². The molecule has 0 fully saturated rings. The summed E-state index contributed by atoms with van der Waals surface area (Å²) in [6, 6.07) is 0. The van der Waals surface area contributed by atoms with E-state index < -0.39 is 0 Å². The third-order valence-electron chi connectivity index (χ3n) is 0. The zero-order chi connectivity index (χ0) is 4.71. The molecule has 0 aliphatic rings. The summed E-state index contributed by atoms with van der Waals surface area (Å²) in [6.07, 6.45) is 0. The summed E-state index contributed by atoms with van der Waals surface area (Å²) in [5.41, 5.74) is 0. The molecule has 0 heterocycles. The molecule has 0 saturated heterocycles. The van der Waals surface area contributed by atoms with Gasteiger partial charge in [-0.05, 0) is 0 Å². The summed E-state index contributed by atoms with van der Waals surface area (Å²) in [7, 11) is 0. The van der Waals surface area contributed by atoms with Gasteiger partial charge in [0.25, 0.3) is 0 Å². The first-order valence-corrected chi connectivity index (χ1v) is 1.94. The molecule has 0 aromatic heterocycles. The molecule has 5 heavy (non-hydrogen) atoms. The predicted molar refractivity (Wildman–Crippen MR) is 13.2 cm³/mol. The van der Waals surface area contributed by atoms with Gasteiger partial charge in [0, 0.05) is 0 Å². The van der Waals surface area contributed by atoms with Crippen molar-refractivity contribution < 1.29 is 8.07 Å². The minimum absolute atomic E-state index is 0.194. The Morgan fingerprint density at radius 2 is 1.60 bits per heavy atom. The molecule has 4 nitrogen and oxygen atoms in total. The van der Waals surface area contributed by atoms with E-state index in [1.165, 1.54) is 0 Å². The molecule has 5 heteroatoms. The van der Waals surface area contributed by atoms with E-state index >= 15 is 0 Å². The van der Waals surface area contributed by atoms with Crippen LogP contribution < -0.4 is 5.26 Å². The molecule has 0 aliphatic heterocycles. The van der Waals surface area contributed by atoms with Crippen molar-refractivity contribution in [3.8, 4) is 0 Å². The van der Waals surface area contributed by atoms with Gasteiger partial charge in [-0.1, -0.05) is 10.2 Å². The first kappa shape index (κ1) is 8.92. The molecule has 0 N–H and O–H groups in total. The molecular weight excluding hydrogens is 273 g/mol. The van der Waals surface area contributed by atoms with E-state index in [0.29, 0.717) is 0 Å². The SMILES string of the molecule is O=[O+][O-].[O]=[Bi]. The van der Waals surface area contributed by atoms with E-state index in [2.05, 4.69) is 0 Å². The van der Waals surface area contributed by atoms with Crippen LogP contribution in [0, 0.1) is 9.71 Å². The van der Waals surface area contributed by atoms with E-state index in [4.69, 9.17) is 13.0 Å². The second-order valence-corrected chi connectivity index (χ2v) is 0.0680. The van der Waals surface area contributed by atoms with Crippen LogP contribution in [0.2, 0.25) is 0 Å². The van der Waals surface area contributed by atoms with Crippen LogP contribution in [0.1, 0.15) is 0 Å². The topological polar surface area (TPSA) is 68.5 Å². The van der Waals surface area contributed by atoms with Crippen LogP contribution in [0.25, 0.3) is 0 Å². The monoisotopic (exact) mass is 273 g/mol. The Hall–Kier alpha value is 0.0831. The summed E-state index contributed by atoms with van der Waals surface area (Å²) in [4.78, 5) is 7.88. The average molecular weight is 273 g/mol. The molecule has 0 rings (SSSR count). The van der Waals surface area contributed by atoms with Gasteiger partial charge in [0.15, 0.2) is 4.75 Å². The number of hydrogen-bond acceptors (Lipinski definition) is 3. The van der Waals surface area contributed by atoms with Crippen molar-refractivity contribution in [2.24, 2.45) is 0 Å². The second-order valence-electron chi connectivity index (χ2n) is 0.0680. The van der Waals surface area contributed by atoms with Crippen LogP contribution in [0.4, 0.5) is 0 Å². The predicted octanol–water partition coefficient (Wildman–Crippen LogP) is -1.62. The molecule has 0 bridgehead atoms. The Morgan fingerprint density at radius 3 is 1.60 bits per heavy atom. The zero-order valence-corrected chi connectivity index (χ0v) is 5.56. The normalized spacial score (nSPS) is 3.20. The van der Waals surface area contributed by atoms with Crippen LogP contribution >= 0.6 is 0 Å². The maximum atomic E-state index is 8.36. The standard InChI is InChI=1S/Bi.O3.O/c;1-3-2;. The third kappa shape index (κ3) is 2560. The molecule has 0 aromatic carbocycles. The fraction of sp³-hybridized carbons (Fsp3) is 0. The molecular formula is BiO4. The molecule has 0 aromatic rings. The van der Waals surface area contributed by atoms with Crippen LogP contribution in [0.5, 0.6) is 0 Å². The molecule has 0 spiro atoms. The fourth-order valence-electron chi connectivity index (χ4n) is 0. The van der Waals surface area contributed by atoms with Crippen LogP contribution in [0.3, 0.4) is 0 Å². The third-order valence-corrected chi connectivity index (χ3v) is 0. The molecule has 0 aliphatic carbocycles. The van der Waals surface area contributed by atoms with Gasteiger partial charge < -0.3 is 0 Å². The summed E-state index contributed by atoms with van der Waals surface area (Å²) in [5.74, 6) is 0. The molecule has 0 atom stereocenters. The van der Waals surface area contributed by atoms with Gasteiger partial charge in [-0.3, -0.25) is 0 Å². The molecule has 29 valence electrons. The Balaban J connectivity index is 0. The Kier molecular flexibility index (Phi) is 59.0. The van der Waals surface area contributed by atoms with E-state index in [1.54, 1.807) is 4.75 Å². The molecule has 0 amide bonds. The van der Waals surface area contributed by atoms with Crippen LogP contribution in [0.15, 0.2) is 0 Å². The van der Waals surface area contributed by atoms with Crippen molar-refractivity contribution in [3.63, 3.8) is 0 Å². The Labute approximate surface area is 42.9 Å². The van der Waals surface area contributed by atoms with Gasteiger partial charge in [-0.15, -0.1) is 0 Å². The minimum atomic E-state index is 0.194. The van der Waals surface area contributed by atoms with Gasteiger partial charge in [-0.25, -0.2) is 0 Å². The van der Waals surface area contributed by atoms with Gasteiger partial charge in [-0.2, -0.15) is 0 Å². The first-order chi connectivity index (χ1) is 2.41. The molecule has 0 unspecified atom stereocenters. The summed E-state index contributed by atoms with van der Waals surface area (Å²) < 4.78 is 10.1. The number of rotatable bonds is 0. The van der Waals surface area contributed by atoms with Gasteiger partial charge >= 0.3 is 27.5 Å². The molecule has 1 radical (unpaired) electrons. The zero-order valence-electron chi connectivity index (χ0n) is 2.08. The van der Waals surface area contributed by atoms with Gasteiger partial charge in [0.1, 0.15) is 0 Å². The van der Waals surface area contributed by atoms with E-state index in [-0.39, 0.29) is 24.7 Å². The number of hydrogen-bond donors (Lipinski definition) is 0. The summed E-state index contributed by atoms with van der Waals surface area (Å²) in [5, 5.41) is 7.88. The average Bonchev–Trinajstić information content (AvgIpc) is 1.46. The van der Waals surface area contributed by atoms with Crippen molar-refractivity contribution in [1.82, 2.24) is 0 Å². The van der Waals surface area contributed by atoms with Crippen molar-refractivity contribution in [2.45, 2.75) is 0 Å². The van der Waals surface area contributed by atoms with Crippen molar-refractivity contribution >= 4 is 24.7 Å². The second kappa shape index (κ2) is 33.1. The Morgan fingerprint density at radius 1 is 1.60 bits per heavy atom. The van der Waals surface area contributed by atoms with E-state index in [1.807, 2.05) is 0 Å². The van der Waals surface area contributed by atoms with Crippen molar-refractivity contribution in [1.29, 1.82) is 0 Å². The maximum absolute atomic E-state index is 8.36. The first-order valence-electron chi connectivity index (χ1n) is 0.516. The van der Waals surface area contributed by atoms with E-state index in [0.717, 1.165) is 0 Å². The summed E-state index contributed by atoms with van der Waals surface area (Å²) >= 11 is 0.194. The van der Waals surface area contributed by atoms with Crippen LogP contribution in [-0.4, -0.2) is 24.7 Å². The van der Waals surface area contributed by atoms with Gasteiger partial charge in [0.2, 0.25) is 0 Å². The Bertz CT molecular complexity index is 17.6. The quantitative estimate of drug-likeness (QED) is 0.230.